The van der Waals surface area contributed by atoms with Crippen molar-refractivity contribution in [2.75, 3.05) is 6.54 Å². The molecule has 186 valence electrons. The third-order valence-electron chi connectivity index (χ3n) is 6.65. The van der Waals surface area contributed by atoms with Crippen LogP contribution in [0.25, 0.3) is 16.9 Å². The molecular formula is C29H27F4N3. The Balaban J connectivity index is 1.64. The Kier molecular flexibility index (Phi) is 6.69. The molecule has 0 amide bonds. The molecule has 3 N–H and O–H groups in total. The van der Waals surface area contributed by atoms with Crippen LogP contribution in [-0.4, -0.2) is 11.1 Å². The highest BCUT2D eigenvalue weighted by Crippen LogP contribution is 2.40. The first kappa shape index (κ1) is 24.3. The van der Waals surface area contributed by atoms with Gasteiger partial charge in [-0.25, -0.2) is 4.39 Å². The van der Waals surface area contributed by atoms with E-state index in [9.17, 15) is 13.2 Å². The summed E-state index contributed by atoms with van der Waals surface area (Å²) in [6.45, 7) is 0.938. The van der Waals surface area contributed by atoms with Crippen LogP contribution in [0.4, 0.5) is 17.6 Å². The van der Waals surface area contributed by atoms with Crippen LogP contribution in [0.15, 0.2) is 85.1 Å². The van der Waals surface area contributed by atoms with Crippen LogP contribution in [0.3, 0.4) is 0 Å². The van der Waals surface area contributed by atoms with Gasteiger partial charge in [0.25, 0.3) is 0 Å². The van der Waals surface area contributed by atoms with Crippen LogP contribution in [0.5, 0.6) is 0 Å². The van der Waals surface area contributed by atoms with Gasteiger partial charge in [0, 0.05) is 18.3 Å². The first-order chi connectivity index (χ1) is 17.4. The summed E-state index contributed by atoms with van der Waals surface area (Å²) in [6, 6.07) is 21.6. The molecule has 1 fully saturated rings. The molecule has 4 aromatic rings. The van der Waals surface area contributed by atoms with E-state index in [1.54, 1.807) is 36.4 Å². The van der Waals surface area contributed by atoms with Crippen molar-refractivity contribution in [3.63, 3.8) is 0 Å². The predicted octanol–water partition coefficient (Wildman–Crippen LogP) is 6.85. The van der Waals surface area contributed by atoms with Gasteiger partial charge >= 0.3 is 6.18 Å². The average Bonchev–Trinajstić information content (AvgIpc) is 3.60. The third-order valence-corrected chi connectivity index (χ3v) is 6.65. The van der Waals surface area contributed by atoms with Crippen LogP contribution in [0, 0.1) is 11.7 Å². The van der Waals surface area contributed by atoms with Crippen molar-refractivity contribution in [3.05, 3.63) is 113 Å². The molecular weight excluding hydrogens is 466 g/mol. The minimum absolute atomic E-state index is 0.0605. The van der Waals surface area contributed by atoms with Gasteiger partial charge in [0.2, 0.25) is 0 Å². The number of benzene rings is 3. The zero-order valence-electron chi connectivity index (χ0n) is 19.6. The van der Waals surface area contributed by atoms with E-state index in [1.165, 1.54) is 16.8 Å². The lowest BCUT2D eigenvalue weighted by Crippen LogP contribution is -2.25. The van der Waals surface area contributed by atoms with Crippen LogP contribution in [0.1, 0.15) is 41.1 Å². The van der Waals surface area contributed by atoms with E-state index in [0.29, 0.717) is 22.6 Å². The Morgan fingerprint density at radius 3 is 2.39 bits per heavy atom. The molecule has 1 saturated carbocycles. The second kappa shape index (κ2) is 9.91. The fourth-order valence-electron chi connectivity index (χ4n) is 4.61. The van der Waals surface area contributed by atoms with E-state index in [2.05, 4.69) is 5.32 Å². The van der Waals surface area contributed by atoms with Crippen LogP contribution in [0.2, 0.25) is 0 Å². The minimum Gasteiger partial charge on any atom is -0.326 e. The zero-order chi connectivity index (χ0) is 25.3. The van der Waals surface area contributed by atoms with Crippen molar-refractivity contribution < 1.29 is 17.6 Å². The summed E-state index contributed by atoms with van der Waals surface area (Å²) < 4.78 is 59.6. The average molecular weight is 494 g/mol. The van der Waals surface area contributed by atoms with Crippen molar-refractivity contribution in [1.82, 2.24) is 9.88 Å². The first-order valence-electron chi connectivity index (χ1n) is 12.0. The van der Waals surface area contributed by atoms with Crippen molar-refractivity contribution in [3.8, 4) is 16.9 Å². The number of nitrogens with two attached hydrogens (primary N) is 1. The molecule has 1 heterocycles. The molecule has 1 aromatic heterocycles. The number of hydrogen-bond acceptors (Lipinski definition) is 2. The Hall–Kier alpha value is -3.42. The quantitative estimate of drug-likeness (QED) is 0.264. The highest BCUT2D eigenvalue weighted by Gasteiger charge is 2.36. The fraction of sp³-hybridized carbons (Fsp3) is 0.241. The van der Waals surface area contributed by atoms with Gasteiger partial charge < -0.3 is 15.6 Å². The summed E-state index contributed by atoms with van der Waals surface area (Å²) in [5.41, 5.74) is 7.16. The number of hydrogen-bond donors (Lipinski definition) is 2. The molecule has 0 bridgehead atoms. The molecule has 1 aliphatic rings. The largest absolute Gasteiger partial charge is 0.418 e. The molecule has 1 aliphatic carbocycles. The lowest BCUT2D eigenvalue weighted by atomic mass is 9.97. The highest BCUT2D eigenvalue weighted by molar-refractivity contribution is 5.69. The molecule has 1 unspecified atom stereocenters. The molecule has 0 aliphatic heterocycles. The van der Waals surface area contributed by atoms with E-state index < -0.39 is 23.6 Å². The zero-order valence-corrected chi connectivity index (χ0v) is 19.6. The maximum Gasteiger partial charge on any atom is 0.418 e. The second-order valence-corrected chi connectivity index (χ2v) is 9.23. The normalized spacial score (nSPS) is 14.7. The lowest BCUT2D eigenvalue weighted by molar-refractivity contribution is -0.137. The molecule has 3 aromatic carbocycles. The second-order valence-electron chi connectivity index (χ2n) is 9.23. The topological polar surface area (TPSA) is 43.0 Å². The van der Waals surface area contributed by atoms with Crippen molar-refractivity contribution in [2.45, 2.75) is 31.6 Å². The van der Waals surface area contributed by atoms with Gasteiger partial charge in [-0.3, -0.25) is 0 Å². The van der Waals surface area contributed by atoms with E-state index in [0.717, 1.165) is 31.0 Å². The van der Waals surface area contributed by atoms with Gasteiger partial charge in [0.1, 0.15) is 0 Å². The van der Waals surface area contributed by atoms with Gasteiger partial charge in [-0.15, -0.1) is 0 Å². The molecule has 0 radical (unpaired) electrons. The highest BCUT2D eigenvalue weighted by atomic mass is 19.4. The maximum absolute atomic E-state index is 16.2. The van der Waals surface area contributed by atoms with Gasteiger partial charge in [-0.1, -0.05) is 60.7 Å². The first-order valence-corrected chi connectivity index (χ1v) is 12.0. The molecule has 36 heavy (non-hydrogen) atoms. The number of nitrogens with one attached hydrogen (secondary N) is 1. The summed E-state index contributed by atoms with van der Waals surface area (Å²) in [7, 11) is 0. The molecule has 3 nitrogen and oxygen atoms in total. The lowest BCUT2D eigenvalue weighted by Gasteiger charge is -2.22. The number of rotatable bonds is 8. The van der Waals surface area contributed by atoms with Crippen molar-refractivity contribution in [1.29, 1.82) is 0 Å². The van der Waals surface area contributed by atoms with E-state index in [1.807, 2.05) is 30.3 Å². The number of aromatic nitrogens is 1. The van der Waals surface area contributed by atoms with E-state index >= 15 is 4.39 Å². The SMILES string of the molecule is NCc1cccc(-c2c(C(F)(F)F)ccn2-c2cccc(C(NCC3CC3)c3ccccc3)c2F)c1. The summed E-state index contributed by atoms with van der Waals surface area (Å²) in [5, 5.41) is 3.48. The van der Waals surface area contributed by atoms with E-state index in [-0.39, 0.29) is 17.9 Å². The smallest absolute Gasteiger partial charge is 0.326 e. The van der Waals surface area contributed by atoms with Gasteiger partial charge in [-0.2, -0.15) is 13.2 Å². The summed E-state index contributed by atoms with van der Waals surface area (Å²) >= 11 is 0. The van der Waals surface area contributed by atoms with Gasteiger partial charge in [0.15, 0.2) is 5.82 Å². The monoisotopic (exact) mass is 493 g/mol. The van der Waals surface area contributed by atoms with Gasteiger partial charge in [0.05, 0.1) is 23.0 Å². The summed E-state index contributed by atoms with van der Waals surface area (Å²) in [4.78, 5) is 0. The maximum atomic E-state index is 16.2. The van der Waals surface area contributed by atoms with Crippen LogP contribution < -0.4 is 11.1 Å². The third kappa shape index (κ3) is 4.94. The Bertz CT molecular complexity index is 1340. The van der Waals surface area contributed by atoms with Gasteiger partial charge in [-0.05, 0) is 60.2 Å². The number of nitrogens with zero attached hydrogens (tertiary/aromatic N) is 1. The minimum atomic E-state index is -4.61. The molecule has 1 atom stereocenters. The van der Waals surface area contributed by atoms with Crippen LogP contribution >= 0.6 is 0 Å². The Morgan fingerprint density at radius 2 is 1.69 bits per heavy atom. The Morgan fingerprint density at radius 1 is 0.944 bits per heavy atom. The molecule has 5 rings (SSSR count). The van der Waals surface area contributed by atoms with Crippen LogP contribution in [-0.2, 0) is 12.7 Å². The van der Waals surface area contributed by atoms with Crippen molar-refractivity contribution >= 4 is 0 Å². The summed E-state index contributed by atoms with van der Waals surface area (Å²) in [5.74, 6) is 0.0119. The summed E-state index contributed by atoms with van der Waals surface area (Å²) in [6.07, 6.45) is -1.03. The number of alkyl halides is 3. The standard InChI is InChI=1S/C29H27F4N3/c30-26-23(27(35-18-19-12-13-19)21-7-2-1-3-8-21)10-5-11-25(26)36-15-14-24(29(31,32)33)28(36)22-9-4-6-20(16-22)17-34/h1-11,14-16,19,27,35H,12-13,17-18,34H2. The molecule has 0 saturated heterocycles. The Labute approximate surface area is 207 Å². The molecule has 7 heteroatoms. The molecule has 0 spiro atoms. The van der Waals surface area contributed by atoms with E-state index in [4.69, 9.17) is 5.73 Å². The predicted molar refractivity (Wildman–Crippen MR) is 133 cm³/mol. The fourth-order valence-corrected chi connectivity index (χ4v) is 4.61. The van der Waals surface area contributed by atoms with Crippen molar-refractivity contribution in [2.24, 2.45) is 11.7 Å². The number of halogens is 4.